The maximum absolute atomic E-state index is 12.3. The molecule has 0 saturated carbocycles. The fraction of sp³-hybridized carbons (Fsp3) is 0.150. The topological polar surface area (TPSA) is 51.5 Å². The molecule has 1 amide bonds. The third-order valence-electron chi connectivity index (χ3n) is 3.66. The number of aryl methyl sites for hydroxylation is 1. The largest absolute Gasteiger partial charge is 0.484 e. The van der Waals surface area contributed by atoms with Gasteiger partial charge in [0.05, 0.1) is 6.26 Å². The van der Waals surface area contributed by atoms with Crippen LogP contribution in [0.4, 0.5) is 0 Å². The molecule has 0 spiro atoms. The van der Waals surface area contributed by atoms with E-state index in [1.807, 2.05) is 67.6 Å². The first-order valence-electron chi connectivity index (χ1n) is 7.79. The van der Waals surface area contributed by atoms with Gasteiger partial charge in [-0.3, -0.25) is 4.79 Å². The summed E-state index contributed by atoms with van der Waals surface area (Å²) in [6.07, 6.45) is 1.60. The first-order valence-corrected chi connectivity index (χ1v) is 7.79. The highest BCUT2D eigenvalue weighted by Gasteiger charge is 2.19. The summed E-state index contributed by atoms with van der Waals surface area (Å²) in [6.45, 7) is 1.96. The standard InChI is InChI=1S/C20H19NO3/c1-15-9-11-17(12-10-15)24-14-19(22)21-20(18-8-5-13-23-18)16-6-3-2-4-7-16/h2-13,20H,14H2,1H3,(H,21,22). The molecule has 0 fully saturated rings. The van der Waals surface area contributed by atoms with Crippen molar-refractivity contribution in [3.05, 3.63) is 89.9 Å². The van der Waals surface area contributed by atoms with Gasteiger partial charge in [0.1, 0.15) is 17.6 Å². The second-order valence-corrected chi connectivity index (χ2v) is 5.53. The van der Waals surface area contributed by atoms with E-state index in [4.69, 9.17) is 9.15 Å². The Morgan fingerprint density at radius 1 is 1.04 bits per heavy atom. The van der Waals surface area contributed by atoms with Crippen molar-refractivity contribution in [1.82, 2.24) is 5.32 Å². The van der Waals surface area contributed by atoms with Gasteiger partial charge in [0.15, 0.2) is 6.61 Å². The molecule has 0 bridgehead atoms. The van der Waals surface area contributed by atoms with Gasteiger partial charge in [0, 0.05) is 0 Å². The number of carbonyl (C=O) groups excluding carboxylic acids is 1. The number of ether oxygens (including phenoxy) is 1. The van der Waals surface area contributed by atoms with Crippen LogP contribution in [0.1, 0.15) is 22.9 Å². The lowest BCUT2D eigenvalue weighted by atomic mass is 10.0. The number of benzene rings is 2. The van der Waals surface area contributed by atoms with Crippen molar-refractivity contribution in [1.29, 1.82) is 0 Å². The van der Waals surface area contributed by atoms with E-state index in [0.717, 1.165) is 11.1 Å². The van der Waals surface area contributed by atoms with Gasteiger partial charge in [-0.15, -0.1) is 0 Å². The Morgan fingerprint density at radius 2 is 1.79 bits per heavy atom. The first-order chi connectivity index (χ1) is 11.7. The highest BCUT2D eigenvalue weighted by atomic mass is 16.5. The van der Waals surface area contributed by atoms with Crippen LogP contribution in [-0.4, -0.2) is 12.5 Å². The number of furan rings is 1. The first kappa shape index (κ1) is 15.9. The number of nitrogens with one attached hydrogen (secondary N) is 1. The molecule has 0 radical (unpaired) electrons. The average Bonchev–Trinajstić information content (AvgIpc) is 3.14. The Kier molecular flexibility index (Phi) is 4.96. The van der Waals surface area contributed by atoms with Crippen LogP contribution < -0.4 is 10.1 Å². The van der Waals surface area contributed by atoms with E-state index in [-0.39, 0.29) is 18.6 Å². The van der Waals surface area contributed by atoms with Gasteiger partial charge in [0.25, 0.3) is 5.91 Å². The van der Waals surface area contributed by atoms with Crippen LogP contribution in [0.2, 0.25) is 0 Å². The molecule has 0 aliphatic heterocycles. The Bertz CT molecular complexity index is 764. The van der Waals surface area contributed by atoms with E-state index in [1.54, 1.807) is 12.3 Å². The predicted octanol–water partition coefficient (Wildman–Crippen LogP) is 3.87. The fourth-order valence-corrected chi connectivity index (χ4v) is 2.41. The SMILES string of the molecule is Cc1ccc(OCC(=O)NC(c2ccccc2)c2ccco2)cc1. The average molecular weight is 321 g/mol. The van der Waals surface area contributed by atoms with Gasteiger partial charge in [-0.2, -0.15) is 0 Å². The molecule has 0 aliphatic carbocycles. The van der Waals surface area contributed by atoms with Gasteiger partial charge in [-0.05, 0) is 36.8 Å². The quantitative estimate of drug-likeness (QED) is 0.750. The monoisotopic (exact) mass is 321 g/mol. The molecule has 122 valence electrons. The maximum Gasteiger partial charge on any atom is 0.258 e. The summed E-state index contributed by atoms with van der Waals surface area (Å²) in [7, 11) is 0. The van der Waals surface area contributed by atoms with Crippen LogP contribution in [0.25, 0.3) is 0 Å². The summed E-state index contributed by atoms with van der Waals surface area (Å²) < 4.78 is 11.0. The number of rotatable bonds is 6. The highest BCUT2D eigenvalue weighted by Crippen LogP contribution is 2.22. The molecule has 4 heteroatoms. The van der Waals surface area contributed by atoms with E-state index in [2.05, 4.69) is 5.32 Å². The fourth-order valence-electron chi connectivity index (χ4n) is 2.41. The second kappa shape index (κ2) is 7.51. The molecule has 1 N–H and O–H groups in total. The Labute approximate surface area is 141 Å². The molecule has 3 rings (SSSR count). The molecular formula is C20H19NO3. The maximum atomic E-state index is 12.3. The van der Waals surface area contributed by atoms with Crippen molar-refractivity contribution < 1.29 is 13.9 Å². The zero-order valence-corrected chi connectivity index (χ0v) is 13.4. The molecule has 0 saturated heterocycles. The number of hydrogen-bond acceptors (Lipinski definition) is 3. The van der Waals surface area contributed by atoms with Crippen LogP contribution in [0, 0.1) is 6.92 Å². The summed E-state index contributed by atoms with van der Waals surface area (Å²) in [5.74, 6) is 1.15. The molecule has 1 heterocycles. The molecular weight excluding hydrogens is 302 g/mol. The molecule has 0 aliphatic rings. The molecule has 1 unspecified atom stereocenters. The van der Waals surface area contributed by atoms with Crippen LogP contribution in [0.5, 0.6) is 5.75 Å². The summed E-state index contributed by atoms with van der Waals surface area (Å²) in [5.41, 5.74) is 2.10. The van der Waals surface area contributed by atoms with Crippen molar-refractivity contribution in [2.75, 3.05) is 6.61 Å². The second-order valence-electron chi connectivity index (χ2n) is 5.53. The minimum atomic E-state index is -0.338. The van der Waals surface area contributed by atoms with Crippen molar-refractivity contribution in [3.63, 3.8) is 0 Å². The normalized spacial score (nSPS) is 11.7. The van der Waals surface area contributed by atoms with E-state index < -0.39 is 0 Å². The molecule has 3 aromatic rings. The van der Waals surface area contributed by atoms with Crippen molar-refractivity contribution in [2.45, 2.75) is 13.0 Å². The lowest BCUT2D eigenvalue weighted by Gasteiger charge is -2.17. The van der Waals surface area contributed by atoms with Gasteiger partial charge >= 0.3 is 0 Å². The van der Waals surface area contributed by atoms with E-state index >= 15 is 0 Å². The van der Waals surface area contributed by atoms with Gasteiger partial charge < -0.3 is 14.5 Å². The minimum Gasteiger partial charge on any atom is -0.484 e. The number of hydrogen-bond donors (Lipinski definition) is 1. The van der Waals surface area contributed by atoms with Crippen LogP contribution >= 0.6 is 0 Å². The van der Waals surface area contributed by atoms with Crippen molar-refractivity contribution >= 4 is 5.91 Å². The molecule has 4 nitrogen and oxygen atoms in total. The third-order valence-corrected chi connectivity index (χ3v) is 3.66. The zero-order valence-electron chi connectivity index (χ0n) is 13.4. The molecule has 2 aromatic carbocycles. The summed E-state index contributed by atoms with van der Waals surface area (Å²) in [6, 6.07) is 20.6. The molecule has 1 aromatic heterocycles. The Morgan fingerprint density at radius 3 is 2.46 bits per heavy atom. The summed E-state index contributed by atoms with van der Waals surface area (Å²) in [4.78, 5) is 12.3. The van der Waals surface area contributed by atoms with E-state index in [9.17, 15) is 4.79 Å². The van der Waals surface area contributed by atoms with E-state index in [0.29, 0.717) is 11.5 Å². The van der Waals surface area contributed by atoms with Gasteiger partial charge in [0.2, 0.25) is 0 Å². The number of amides is 1. The summed E-state index contributed by atoms with van der Waals surface area (Å²) >= 11 is 0. The lowest BCUT2D eigenvalue weighted by molar-refractivity contribution is -0.123. The number of carbonyl (C=O) groups is 1. The molecule has 1 atom stereocenters. The van der Waals surface area contributed by atoms with Crippen LogP contribution in [0.15, 0.2) is 77.4 Å². The Balaban J connectivity index is 1.66. The predicted molar refractivity (Wildman–Crippen MR) is 91.8 cm³/mol. The van der Waals surface area contributed by atoms with E-state index in [1.165, 1.54) is 0 Å². The van der Waals surface area contributed by atoms with Gasteiger partial charge in [-0.1, -0.05) is 48.0 Å². The van der Waals surface area contributed by atoms with Crippen LogP contribution in [0.3, 0.4) is 0 Å². The minimum absolute atomic E-state index is 0.0485. The lowest BCUT2D eigenvalue weighted by Crippen LogP contribution is -2.33. The van der Waals surface area contributed by atoms with Gasteiger partial charge in [-0.25, -0.2) is 0 Å². The van der Waals surface area contributed by atoms with Crippen LogP contribution in [-0.2, 0) is 4.79 Å². The zero-order chi connectivity index (χ0) is 16.8. The highest BCUT2D eigenvalue weighted by molar-refractivity contribution is 5.78. The smallest absolute Gasteiger partial charge is 0.258 e. The Hall–Kier alpha value is -3.01. The van der Waals surface area contributed by atoms with Crippen molar-refractivity contribution in [2.24, 2.45) is 0 Å². The molecule has 24 heavy (non-hydrogen) atoms. The summed E-state index contributed by atoms with van der Waals surface area (Å²) in [5, 5.41) is 2.96. The van der Waals surface area contributed by atoms with Crippen molar-refractivity contribution in [3.8, 4) is 5.75 Å². The third kappa shape index (κ3) is 4.04.